The van der Waals surface area contributed by atoms with Crippen LogP contribution in [0.5, 0.6) is 0 Å². The van der Waals surface area contributed by atoms with Crippen molar-refractivity contribution in [1.29, 1.82) is 0 Å². The lowest BCUT2D eigenvalue weighted by molar-refractivity contribution is 0.570. The second-order valence-electron chi connectivity index (χ2n) is 7.02. The lowest BCUT2D eigenvalue weighted by atomic mass is 10.1. The van der Waals surface area contributed by atoms with Crippen molar-refractivity contribution in [3.05, 3.63) is 82.7 Å². The minimum absolute atomic E-state index is 0.178. The van der Waals surface area contributed by atoms with Crippen molar-refractivity contribution in [2.75, 3.05) is 10.0 Å². The first-order valence-corrected chi connectivity index (χ1v) is 11.7. The molecule has 0 radical (unpaired) electrons. The molecule has 0 aliphatic rings. The number of sulfonamides is 1. The number of hydrogen-bond donors (Lipinski definition) is 2. The van der Waals surface area contributed by atoms with Gasteiger partial charge in [0.2, 0.25) is 0 Å². The van der Waals surface area contributed by atoms with Crippen molar-refractivity contribution in [3.63, 3.8) is 0 Å². The molecule has 0 aliphatic carbocycles. The molecule has 160 valence electrons. The van der Waals surface area contributed by atoms with E-state index in [0.29, 0.717) is 17.9 Å². The van der Waals surface area contributed by atoms with Crippen molar-refractivity contribution >= 4 is 38.0 Å². The third kappa shape index (κ3) is 4.92. The minimum atomic E-state index is -4.07. The Morgan fingerprint density at radius 1 is 1.13 bits per heavy atom. The zero-order valence-electron chi connectivity index (χ0n) is 16.8. The number of hydrogen-bond acceptors (Lipinski definition) is 6. The fourth-order valence-electron chi connectivity index (χ4n) is 3.03. The van der Waals surface area contributed by atoms with Crippen LogP contribution in [-0.4, -0.2) is 23.2 Å². The van der Waals surface area contributed by atoms with Crippen molar-refractivity contribution in [3.8, 4) is 0 Å². The predicted octanol–water partition coefficient (Wildman–Crippen LogP) is 4.46. The summed E-state index contributed by atoms with van der Waals surface area (Å²) < 4.78 is 43.4. The zero-order valence-corrected chi connectivity index (χ0v) is 18.5. The number of halogens is 1. The topological polar surface area (TPSA) is 88.9 Å². The molecular weight excluding hydrogens is 437 g/mol. The Balaban J connectivity index is 1.50. The van der Waals surface area contributed by atoms with E-state index in [1.807, 2.05) is 13.0 Å². The predicted molar refractivity (Wildman–Crippen MR) is 120 cm³/mol. The Labute approximate surface area is 183 Å². The van der Waals surface area contributed by atoms with Crippen LogP contribution < -0.4 is 10.0 Å². The van der Waals surface area contributed by atoms with Gasteiger partial charge in [0.15, 0.2) is 5.13 Å². The van der Waals surface area contributed by atoms with E-state index in [-0.39, 0.29) is 5.13 Å². The van der Waals surface area contributed by atoms with Gasteiger partial charge in [-0.15, -0.1) is 11.3 Å². The molecule has 10 heteroatoms. The normalized spacial score (nSPS) is 11.5. The molecule has 0 fully saturated rings. The van der Waals surface area contributed by atoms with E-state index in [4.69, 9.17) is 0 Å². The smallest absolute Gasteiger partial charge is 0.266 e. The molecule has 2 heterocycles. The number of aryl methyl sites for hydroxylation is 2. The molecule has 2 aromatic carbocycles. The summed E-state index contributed by atoms with van der Waals surface area (Å²) in [6.45, 7) is 2.04. The van der Waals surface area contributed by atoms with Crippen LogP contribution in [0.4, 0.5) is 21.0 Å². The maximum Gasteiger partial charge on any atom is 0.266 e. The fraction of sp³-hybridized carbons (Fsp3) is 0.143. The van der Waals surface area contributed by atoms with Crippen LogP contribution in [0.1, 0.15) is 16.8 Å². The van der Waals surface area contributed by atoms with Gasteiger partial charge in [0.05, 0.1) is 5.69 Å². The molecular formula is C21H20FN5O2S2. The summed E-state index contributed by atoms with van der Waals surface area (Å²) in [5, 5.41) is 9.39. The fourth-order valence-corrected chi connectivity index (χ4v) is 4.88. The van der Waals surface area contributed by atoms with Gasteiger partial charge >= 0.3 is 0 Å². The molecule has 0 saturated heterocycles. The number of benzene rings is 2. The summed E-state index contributed by atoms with van der Waals surface area (Å²) in [5.74, 6) is -0.200. The van der Waals surface area contributed by atoms with Gasteiger partial charge in [-0.3, -0.25) is 9.40 Å². The lowest BCUT2D eigenvalue weighted by Gasteiger charge is -2.10. The highest BCUT2D eigenvalue weighted by Gasteiger charge is 2.20. The average molecular weight is 458 g/mol. The van der Waals surface area contributed by atoms with Gasteiger partial charge in [0.25, 0.3) is 10.0 Å². The minimum Gasteiger partial charge on any atom is -0.340 e. The maximum absolute atomic E-state index is 14.6. The molecule has 2 aromatic heterocycles. The van der Waals surface area contributed by atoms with Crippen molar-refractivity contribution < 1.29 is 12.8 Å². The van der Waals surface area contributed by atoms with E-state index in [2.05, 4.69) is 44.4 Å². The second-order valence-corrected chi connectivity index (χ2v) is 9.57. The van der Waals surface area contributed by atoms with E-state index in [1.165, 1.54) is 23.9 Å². The summed E-state index contributed by atoms with van der Waals surface area (Å²) in [6.07, 6.45) is 2.14. The number of anilines is 3. The van der Waals surface area contributed by atoms with E-state index in [9.17, 15) is 12.8 Å². The van der Waals surface area contributed by atoms with Crippen LogP contribution in [0.2, 0.25) is 0 Å². The molecule has 2 N–H and O–H groups in total. The monoisotopic (exact) mass is 457 g/mol. The number of thiazole rings is 1. The van der Waals surface area contributed by atoms with Crippen LogP contribution in [0.25, 0.3) is 0 Å². The SMILES string of the molecule is Cc1ccc(Cc2cc(Nc3ccc(S(=O)(=O)Nc4nccs4)c(F)c3)n(C)n2)cc1. The first-order chi connectivity index (χ1) is 14.8. The summed E-state index contributed by atoms with van der Waals surface area (Å²) >= 11 is 1.11. The van der Waals surface area contributed by atoms with Crippen molar-refractivity contribution in [2.24, 2.45) is 7.05 Å². The number of nitrogens with one attached hydrogen (secondary N) is 2. The Morgan fingerprint density at radius 3 is 2.58 bits per heavy atom. The summed E-state index contributed by atoms with van der Waals surface area (Å²) in [6, 6.07) is 14.0. The Bertz CT molecular complexity index is 1300. The zero-order chi connectivity index (χ0) is 22.0. The van der Waals surface area contributed by atoms with E-state index in [1.54, 1.807) is 17.1 Å². The molecule has 0 aliphatic heterocycles. The summed E-state index contributed by atoms with van der Waals surface area (Å²) in [7, 11) is -2.28. The van der Waals surface area contributed by atoms with Gasteiger partial charge in [-0.2, -0.15) is 5.10 Å². The largest absolute Gasteiger partial charge is 0.340 e. The van der Waals surface area contributed by atoms with Crippen LogP contribution in [0, 0.1) is 12.7 Å². The highest BCUT2D eigenvalue weighted by molar-refractivity contribution is 7.93. The third-order valence-corrected chi connectivity index (χ3v) is 6.77. The number of aromatic nitrogens is 3. The highest BCUT2D eigenvalue weighted by Crippen LogP contribution is 2.25. The Morgan fingerprint density at radius 2 is 1.90 bits per heavy atom. The lowest BCUT2D eigenvalue weighted by Crippen LogP contribution is -2.14. The van der Waals surface area contributed by atoms with Crippen LogP contribution in [0.3, 0.4) is 0 Å². The van der Waals surface area contributed by atoms with Crippen LogP contribution >= 0.6 is 11.3 Å². The van der Waals surface area contributed by atoms with Gasteiger partial charge < -0.3 is 5.32 Å². The first kappa shape index (κ1) is 21.0. The molecule has 4 rings (SSSR count). The molecule has 0 saturated carbocycles. The van der Waals surface area contributed by atoms with Crippen LogP contribution in [0.15, 0.2) is 65.0 Å². The molecule has 7 nitrogen and oxygen atoms in total. The van der Waals surface area contributed by atoms with E-state index >= 15 is 0 Å². The number of nitrogens with zero attached hydrogens (tertiary/aromatic N) is 3. The van der Waals surface area contributed by atoms with Gasteiger partial charge in [0.1, 0.15) is 16.5 Å². The molecule has 0 amide bonds. The number of rotatable bonds is 7. The van der Waals surface area contributed by atoms with Crippen LogP contribution in [-0.2, 0) is 23.5 Å². The second kappa shape index (κ2) is 8.48. The quantitative estimate of drug-likeness (QED) is 0.428. The molecule has 0 spiro atoms. The van der Waals surface area contributed by atoms with E-state index < -0.39 is 20.7 Å². The van der Waals surface area contributed by atoms with Crippen molar-refractivity contribution in [2.45, 2.75) is 18.2 Å². The standard InChI is InChI=1S/C21H20FN5O2S2/c1-14-3-5-15(6-4-14)11-17-13-20(27(2)25-17)24-16-7-8-19(18(22)12-16)31(28,29)26-21-23-9-10-30-21/h3-10,12-13,24H,11H2,1-2H3,(H,23,26). The molecule has 0 atom stereocenters. The average Bonchev–Trinajstić information content (AvgIpc) is 3.33. The van der Waals surface area contributed by atoms with Gasteiger partial charge in [-0.05, 0) is 30.7 Å². The molecule has 0 unspecified atom stereocenters. The van der Waals surface area contributed by atoms with Crippen molar-refractivity contribution in [1.82, 2.24) is 14.8 Å². The Kier molecular flexibility index (Phi) is 5.75. The Hall–Kier alpha value is -3.24. The first-order valence-electron chi connectivity index (χ1n) is 9.37. The summed E-state index contributed by atoms with van der Waals surface area (Å²) in [5.41, 5.74) is 3.61. The molecule has 0 bridgehead atoms. The van der Waals surface area contributed by atoms with E-state index in [0.717, 1.165) is 28.7 Å². The third-order valence-electron chi connectivity index (χ3n) is 4.58. The highest BCUT2D eigenvalue weighted by atomic mass is 32.2. The molecule has 4 aromatic rings. The molecule has 31 heavy (non-hydrogen) atoms. The van der Waals surface area contributed by atoms with Gasteiger partial charge in [0, 0.05) is 36.8 Å². The van der Waals surface area contributed by atoms with Gasteiger partial charge in [-0.25, -0.2) is 17.8 Å². The maximum atomic E-state index is 14.6. The van der Waals surface area contributed by atoms with Gasteiger partial charge in [-0.1, -0.05) is 29.8 Å². The summed E-state index contributed by atoms with van der Waals surface area (Å²) in [4.78, 5) is 3.41.